The Balaban J connectivity index is 1.87. The van der Waals surface area contributed by atoms with Crippen LogP contribution >= 0.6 is 11.8 Å². The molecule has 4 heteroatoms. The van der Waals surface area contributed by atoms with E-state index in [2.05, 4.69) is 16.7 Å². The molecule has 0 fully saturated rings. The third-order valence-electron chi connectivity index (χ3n) is 3.33. The number of fused-ring (bicyclic) bond motifs is 1. The summed E-state index contributed by atoms with van der Waals surface area (Å²) in [5.74, 6) is 2.81. The fraction of sp³-hybridized carbons (Fsp3) is 0.250. The van der Waals surface area contributed by atoms with Crippen LogP contribution in [0.25, 0.3) is 0 Å². The number of ether oxygens (including phenoxy) is 1. The molecule has 0 amide bonds. The van der Waals surface area contributed by atoms with Crippen molar-refractivity contribution in [3.05, 3.63) is 48.5 Å². The summed E-state index contributed by atoms with van der Waals surface area (Å²) in [6.45, 7) is 0.908. The molecule has 3 rings (SSSR count). The average molecular weight is 286 g/mol. The van der Waals surface area contributed by atoms with Crippen LogP contribution in [0.5, 0.6) is 11.5 Å². The Kier molecular flexibility index (Phi) is 4.14. The summed E-state index contributed by atoms with van der Waals surface area (Å²) in [5.41, 5.74) is 1.10. The second-order valence-corrected chi connectivity index (χ2v) is 5.78. The van der Waals surface area contributed by atoms with Gasteiger partial charge in [0.05, 0.1) is 5.69 Å². The van der Waals surface area contributed by atoms with E-state index >= 15 is 0 Å². The summed E-state index contributed by atoms with van der Waals surface area (Å²) in [4.78, 5) is 1.25. The second-order valence-electron chi connectivity index (χ2n) is 4.72. The molecule has 0 aliphatic carbocycles. The van der Waals surface area contributed by atoms with Gasteiger partial charge in [-0.05, 0) is 31.3 Å². The minimum absolute atomic E-state index is 0.469. The van der Waals surface area contributed by atoms with E-state index < -0.39 is 0 Å². The molecule has 1 atom stereocenters. The monoisotopic (exact) mass is 286 g/mol. The van der Waals surface area contributed by atoms with Crippen molar-refractivity contribution < 1.29 is 4.74 Å². The molecule has 1 aliphatic heterocycles. The lowest BCUT2D eigenvalue weighted by Gasteiger charge is -2.15. The average Bonchev–Trinajstić information content (AvgIpc) is 2.71. The number of hydrogen-bond donors (Lipinski definition) is 2. The quantitative estimate of drug-likeness (QED) is 0.903. The number of para-hydroxylation sites is 2. The summed E-state index contributed by atoms with van der Waals surface area (Å²) in [7, 11) is 2.00. The summed E-state index contributed by atoms with van der Waals surface area (Å²) in [6, 6.07) is 16.6. The van der Waals surface area contributed by atoms with Gasteiger partial charge >= 0.3 is 0 Å². The molecule has 104 valence electrons. The first kappa shape index (κ1) is 13.3. The predicted octanol–water partition coefficient (Wildman–Crippen LogP) is 3.58. The Morgan fingerprint density at radius 1 is 1.15 bits per heavy atom. The molecule has 0 unspecified atom stereocenters. The van der Waals surface area contributed by atoms with Crippen LogP contribution in [-0.2, 0) is 0 Å². The van der Waals surface area contributed by atoms with E-state index in [4.69, 9.17) is 4.74 Å². The number of likely N-dealkylation sites (N-methyl/N-ethyl adjacent to an activating group) is 1. The van der Waals surface area contributed by atoms with Gasteiger partial charge in [0.15, 0.2) is 5.75 Å². The van der Waals surface area contributed by atoms with Crippen molar-refractivity contribution in [1.29, 1.82) is 0 Å². The highest BCUT2D eigenvalue weighted by Gasteiger charge is 2.18. The minimum Gasteiger partial charge on any atom is -0.455 e. The Labute approximate surface area is 123 Å². The number of rotatable bonds is 3. The Morgan fingerprint density at radius 2 is 2.00 bits per heavy atom. The third-order valence-corrected chi connectivity index (χ3v) is 4.55. The maximum absolute atomic E-state index is 6.00. The smallest absolute Gasteiger partial charge is 0.151 e. The van der Waals surface area contributed by atoms with Gasteiger partial charge in [-0.15, -0.1) is 11.8 Å². The lowest BCUT2D eigenvalue weighted by Crippen LogP contribution is -2.33. The molecule has 0 spiro atoms. The van der Waals surface area contributed by atoms with E-state index in [1.807, 2.05) is 61.3 Å². The highest BCUT2D eigenvalue weighted by atomic mass is 32.2. The first-order valence-corrected chi connectivity index (χ1v) is 7.75. The lowest BCUT2D eigenvalue weighted by molar-refractivity contribution is 0.483. The van der Waals surface area contributed by atoms with Gasteiger partial charge in [-0.1, -0.05) is 24.3 Å². The van der Waals surface area contributed by atoms with Crippen molar-refractivity contribution in [3.8, 4) is 11.5 Å². The fourth-order valence-electron chi connectivity index (χ4n) is 2.17. The van der Waals surface area contributed by atoms with Gasteiger partial charge in [0.1, 0.15) is 5.75 Å². The minimum atomic E-state index is 0.469. The zero-order chi connectivity index (χ0) is 13.8. The summed E-state index contributed by atoms with van der Waals surface area (Å²) in [6.07, 6.45) is 0. The molecule has 2 aromatic carbocycles. The molecule has 2 N–H and O–H groups in total. The normalized spacial score (nSPS) is 17.8. The second kappa shape index (κ2) is 6.20. The number of hydrogen-bond acceptors (Lipinski definition) is 4. The van der Waals surface area contributed by atoms with Gasteiger partial charge in [0.2, 0.25) is 0 Å². The molecule has 1 aliphatic rings. The molecular weight excluding hydrogens is 268 g/mol. The van der Waals surface area contributed by atoms with Crippen LogP contribution in [0.1, 0.15) is 0 Å². The van der Waals surface area contributed by atoms with Crippen LogP contribution in [0.15, 0.2) is 53.4 Å². The van der Waals surface area contributed by atoms with Crippen LogP contribution in [0.3, 0.4) is 0 Å². The van der Waals surface area contributed by atoms with E-state index in [0.717, 1.165) is 29.5 Å². The van der Waals surface area contributed by atoms with Crippen molar-refractivity contribution in [3.63, 3.8) is 0 Å². The van der Waals surface area contributed by atoms with Crippen molar-refractivity contribution in [2.24, 2.45) is 0 Å². The highest BCUT2D eigenvalue weighted by Crippen LogP contribution is 2.39. The van der Waals surface area contributed by atoms with Crippen molar-refractivity contribution in [2.45, 2.75) is 10.9 Å². The zero-order valence-corrected chi connectivity index (χ0v) is 12.2. The first-order chi connectivity index (χ1) is 9.86. The van der Waals surface area contributed by atoms with Crippen LogP contribution in [0.2, 0.25) is 0 Å². The molecule has 0 radical (unpaired) electrons. The van der Waals surface area contributed by atoms with Gasteiger partial charge in [0.25, 0.3) is 0 Å². The maximum atomic E-state index is 6.00. The fourth-order valence-corrected chi connectivity index (χ4v) is 3.32. The first-order valence-electron chi connectivity index (χ1n) is 6.76. The van der Waals surface area contributed by atoms with Gasteiger partial charge < -0.3 is 15.4 Å². The molecule has 3 nitrogen and oxygen atoms in total. The molecule has 0 saturated heterocycles. The van der Waals surface area contributed by atoms with Crippen molar-refractivity contribution >= 4 is 17.4 Å². The number of anilines is 1. The maximum Gasteiger partial charge on any atom is 0.151 e. The van der Waals surface area contributed by atoms with Crippen LogP contribution in [-0.4, -0.2) is 25.4 Å². The van der Waals surface area contributed by atoms with Crippen LogP contribution < -0.4 is 15.4 Å². The number of benzene rings is 2. The molecular formula is C16H18N2OS. The summed E-state index contributed by atoms with van der Waals surface area (Å²) < 4.78 is 6.00. The molecule has 2 aromatic rings. The van der Waals surface area contributed by atoms with E-state index in [1.54, 1.807) is 0 Å². The van der Waals surface area contributed by atoms with Crippen LogP contribution in [0, 0.1) is 0 Å². The zero-order valence-electron chi connectivity index (χ0n) is 11.4. The van der Waals surface area contributed by atoms with Gasteiger partial charge in [-0.3, -0.25) is 0 Å². The number of nitrogens with one attached hydrogen (secondary N) is 2. The Bertz CT molecular complexity index is 574. The summed E-state index contributed by atoms with van der Waals surface area (Å²) in [5, 5.41) is 6.83. The third kappa shape index (κ3) is 2.92. The van der Waals surface area contributed by atoms with E-state index in [9.17, 15) is 0 Å². The topological polar surface area (TPSA) is 33.3 Å². The standard InChI is InChI=1S/C16H18N2OS/c1-17-12-10-18-16-14(8-5-9-15(16)20-11-12)19-13-6-3-2-4-7-13/h2-9,12,17-18H,10-11H2,1H3/t12-/m1/s1. The van der Waals surface area contributed by atoms with Gasteiger partial charge in [-0.2, -0.15) is 0 Å². The summed E-state index contributed by atoms with van der Waals surface area (Å²) >= 11 is 1.86. The van der Waals surface area contributed by atoms with Crippen LogP contribution in [0.4, 0.5) is 5.69 Å². The lowest BCUT2D eigenvalue weighted by atomic mass is 10.2. The largest absolute Gasteiger partial charge is 0.455 e. The van der Waals surface area contributed by atoms with E-state index in [-0.39, 0.29) is 0 Å². The molecule has 1 heterocycles. The van der Waals surface area contributed by atoms with Gasteiger partial charge in [0, 0.05) is 23.2 Å². The highest BCUT2D eigenvalue weighted by molar-refractivity contribution is 7.99. The van der Waals surface area contributed by atoms with Crippen molar-refractivity contribution in [2.75, 3.05) is 24.7 Å². The SMILES string of the molecule is CN[C@@H]1CNc2c(Oc3ccccc3)cccc2SC1. The van der Waals surface area contributed by atoms with Gasteiger partial charge in [-0.25, -0.2) is 0 Å². The van der Waals surface area contributed by atoms with E-state index in [1.165, 1.54) is 4.90 Å². The molecule has 0 aromatic heterocycles. The van der Waals surface area contributed by atoms with E-state index in [0.29, 0.717) is 6.04 Å². The molecule has 0 bridgehead atoms. The van der Waals surface area contributed by atoms with Crippen molar-refractivity contribution in [1.82, 2.24) is 5.32 Å². The number of thioether (sulfide) groups is 1. The molecule has 0 saturated carbocycles. The predicted molar refractivity (Wildman–Crippen MR) is 85.0 cm³/mol. The Hall–Kier alpha value is -1.65. The molecule has 20 heavy (non-hydrogen) atoms. The Morgan fingerprint density at radius 3 is 2.80 bits per heavy atom.